The highest BCUT2D eigenvalue weighted by molar-refractivity contribution is 7.89. The molecule has 0 amide bonds. The van der Waals surface area contributed by atoms with Crippen molar-refractivity contribution in [2.24, 2.45) is 0 Å². The van der Waals surface area contributed by atoms with Gasteiger partial charge in [0, 0.05) is 31.1 Å². The molecule has 0 saturated carbocycles. The number of benzene rings is 2. The molecular formula is C27H34ClN5O4S. The highest BCUT2D eigenvalue weighted by Gasteiger charge is 2.23. The smallest absolute Gasteiger partial charge is 0.242 e. The molecule has 38 heavy (non-hydrogen) atoms. The van der Waals surface area contributed by atoms with E-state index in [-0.39, 0.29) is 22.1 Å². The summed E-state index contributed by atoms with van der Waals surface area (Å²) in [4.78, 5) is 11.5. The van der Waals surface area contributed by atoms with Gasteiger partial charge in [-0.2, -0.15) is 0 Å². The Hall–Kier alpha value is -2.92. The molecule has 1 aliphatic rings. The zero-order chi connectivity index (χ0) is 27.3. The molecule has 1 aromatic heterocycles. The maximum atomic E-state index is 12.5. The lowest BCUT2D eigenvalue weighted by atomic mass is 10.1. The summed E-state index contributed by atoms with van der Waals surface area (Å²) in [5.74, 6) is 2.29. The molecule has 0 spiro atoms. The first kappa shape index (κ1) is 28.1. The predicted molar refractivity (Wildman–Crippen MR) is 149 cm³/mol. The number of sulfonamides is 1. The van der Waals surface area contributed by atoms with Crippen molar-refractivity contribution in [1.29, 1.82) is 0 Å². The monoisotopic (exact) mass is 559 g/mol. The van der Waals surface area contributed by atoms with Gasteiger partial charge in [0.1, 0.15) is 33.3 Å². The van der Waals surface area contributed by atoms with Crippen molar-refractivity contribution in [2.75, 3.05) is 32.0 Å². The summed E-state index contributed by atoms with van der Waals surface area (Å²) >= 11 is 6.37. The lowest BCUT2D eigenvalue weighted by molar-refractivity contribution is 0.199. The van der Waals surface area contributed by atoms with E-state index < -0.39 is 10.0 Å². The van der Waals surface area contributed by atoms with E-state index in [1.807, 2.05) is 32.0 Å². The molecular weight excluding hydrogens is 526 g/mol. The second kappa shape index (κ2) is 12.3. The molecule has 9 nitrogen and oxygen atoms in total. The Morgan fingerprint density at radius 2 is 2.00 bits per heavy atom. The van der Waals surface area contributed by atoms with Crippen LogP contribution in [0.2, 0.25) is 5.02 Å². The third kappa shape index (κ3) is 6.93. The van der Waals surface area contributed by atoms with Crippen molar-refractivity contribution in [3.8, 4) is 11.5 Å². The van der Waals surface area contributed by atoms with Crippen molar-refractivity contribution in [3.63, 3.8) is 0 Å². The van der Waals surface area contributed by atoms with Gasteiger partial charge in [0.2, 0.25) is 10.0 Å². The number of para-hydroxylation sites is 1. The number of rotatable bonds is 11. The Morgan fingerprint density at radius 3 is 2.71 bits per heavy atom. The summed E-state index contributed by atoms with van der Waals surface area (Å²) in [6.07, 6.45) is 3.03. The van der Waals surface area contributed by atoms with E-state index in [0.717, 1.165) is 37.4 Å². The van der Waals surface area contributed by atoms with Gasteiger partial charge in [-0.05, 0) is 52.1 Å². The van der Waals surface area contributed by atoms with E-state index in [4.69, 9.17) is 21.1 Å². The maximum Gasteiger partial charge on any atom is 0.242 e. The minimum Gasteiger partial charge on any atom is -0.491 e. The fourth-order valence-electron chi connectivity index (χ4n) is 4.28. The zero-order valence-corrected chi connectivity index (χ0v) is 23.6. The molecule has 1 atom stereocenters. The van der Waals surface area contributed by atoms with E-state index >= 15 is 0 Å². The van der Waals surface area contributed by atoms with Crippen molar-refractivity contribution in [3.05, 3.63) is 65.1 Å². The van der Waals surface area contributed by atoms with Crippen molar-refractivity contribution in [2.45, 2.75) is 50.7 Å². The van der Waals surface area contributed by atoms with Gasteiger partial charge in [-0.1, -0.05) is 36.7 Å². The van der Waals surface area contributed by atoms with Crippen molar-refractivity contribution in [1.82, 2.24) is 19.6 Å². The second-order valence-electron chi connectivity index (χ2n) is 9.35. The quantitative estimate of drug-likeness (QED) is 0.350. The average Bonchev–Trinajstić information content (AvgIpc) is 3.35. The highest BCUT2D eigenvalue weighted by atomic mass is 35.5. The largest absolute Gasteiger partial charge is 0.491 e. The maximum absolute atomic E-state index is 12.5. The minimum absolute atomic E-state index is 0.0277. The van der Waals surface area contributed by atoms with Crippen LogP contribution in [-0.4, -0.2) is 62.2 Å². The van der Waals surface area contributed by atoms with Crippen LogP contribution in [0.5, 0.6) is 11.5 Å². The molecule has 11 heteroatoms. The third-order valence-electron chi connectivity index (χ3n) is 6.22. The molecule has 4 rings (SSSR count). The highest BCUT2D eigenvalue weighted by Crippen LogP contribution is 2.31. The third-order valence-corrected chi connectivity index (χ3v) is 7.97. The summed E-state index contributed by atoms with van der Waals surface area (Å²) in [7, 11) is -2.32. The van der Waals surface area contributed by atoms with Crippen LogP contribution in [-0.2, 0) is 16.4 Å². The Morgan fingerprint density at radius 1 is 1.21 bits per heavy atom. The molecule has 204 valence electrons. The lowest BCUT2D eigenvalue weighted by Gasteiger charge is -2.19. The molecule has 1 saturated heterocycles. The van der Waals surface area contributed by atoms with E-state index in [2.05, 4.69) is 31.8 Å². The Balaban J connectivity index is 1.57. The number of likely N-dealkylation sites (tertiary alicyclic amines) is 1. The first-order valence-electron chi connectivity index (χ1n) is 12.7. The SMILES string of the molecule is CCN1CCC(Oc2ccc(Cc3ncc(Cl)c(Nc4ccccc4S(=O)(=O)NC)n3)c(OC(C)C)c2)C1. The number of nitrogens with zero attached hydrogens (tertiary/aromatic N) is 3. The number of nitrogens with one attached hydrogen (secondary N) is 2. The van der Waals surface area contributed by atoms with E-state index in [0.29, 0.717) is 29.5 Å². The molecule has 2 heterocycles. The van der Waals surface area contributed by atoms with Gasteiger partial charge in [-0.15, -0.1) is 0 Å². The molecule has 1 aliphatic heterocycles. The second-order valence-corrected chi connectivity index (χ2v) is 11.6. The predicted octanol–water partition coefficient (Wildman–Crippen LogP) is 4.63. The van der Waals surface area contributed by atoms with Crippen LogP contribution in [0.1, 0.15) is 38.6 Å². The summed E-state index contributed by atoms with van der Waals surface area (Å²) in [5.41, 5.74) is 1.26. The Labute approximate surface area is 229 Å². The first-order valence-corrected chi connectivity index (χ1v) is 14.5. The van der Waals surface area contributed by atoms with Crippen molar-refractivity contribution < 1.29 is 17.9 Å². The van der Waals surface area contributed by atoms with Gasteiger partial charge in [-0.3, -0.25) is 4.90 Å². The molecule has 2 N–H and O–H groups in total. The van der Waals surface area contributed by atoms with E-state index in [1.165, 1.54) is 19.3 Å². The van der Waals surface area contributed by atoms with Crippen LogP contribution in [0.25, 0.3) is 0 Å². The number of anilines is 2. The number of aromatic nitrogens is 2. The summed E-state index contributed by atoms with van der Waals surface area (Å²) in [6.45, 7) is 9.11. The molecule has 1 unspecified atom stereocenters. The van der Waals surface area contributed by atoms with Crippen LogP contribution in [0, 0.1) is 0 Å². The fourth-order valence-corrected chi connectivity index (χ4v) is 5.30. The van der Waals surface area contributed by atoms with Crippen LogP contribution in [0.3, 0.4) is 0 Å². The number of likely N-dealkylation sites (N-methyl/N-ethyl adjacent to an activating group) is 1. The van der Waals surface area contributed by atoms with Gasteiger partial charge >= 0.3 is 0 Å². The number of halogens is 1. The number of ether oxygens (including phenoxy) is 2. The fraction of sp³-hybridized carbons (Fsp3) is 0.407. The number of hydrogen-bond donors (Lipinski definition) is 2. The van der Waals surface area contributed by atoms with Crippen LogP contribution in [0.4, 0.5) is 11.5 Å². The Kier molecular flexibility index (Phi) is 9.09. The van der Waals surface area contributed by atoms with Gasteiger partial charge in [-0.25, -0.2) is 23.1 Å². The number of hydrogen-bond acceptors (Lipinski definition) is 8. The van der Waals surface area contributed by atoms with Gasteiger partial charge < -0.3 is 14.8 Å². The standard InChI is InChI=1S/C27H34ClN5O4S/c1-5-33-13-12-21(17-33)37-20-11-10-19(24(15-20)36-18(2)3)14-26-30-16-22(28)27(32-26)31-23-8-6-7-9-25(23)38(34,35)29-4/h6-11,15-16,18,21,29H,5,12-14,17H2,1-4H3,(H,30,31,32). The lowest BCUT2D eigenvalue weighted by Crippen LogP contribution is -2.24. The zero-order valence-electron chi connectivity index (χ0n) is 22.1. The molecule has 0 bridgehead atoms. The van der Waals surface area contributed by atoms with Gasteiger partial charge in [0.15, 0.2) is 5.82 Å². The van der Waals surface area contributed by atoms with Crippen molar-refractivity contribution >= 4 is 33.1 Å². The molecule has 3 aromatic rings. The molecule has 1 fully saturated rings. The van der Waals surface area contributed by atoms with Crippen LogP contribution in [0.15, 0.2) is 53.6 Å². The Bertz CT molecular complexity index is 1370. The van der Waals surface area contributed by atoms with E-state index in [9.17, 15) is 8.42 Å². The first-order chi connectivity index (χ1) is 18.2. The van der Waals surface area contributed by atoms with Crippen LogP contribution < -0.4 is 19.5 Å². The minimum atomic E-state index is -3.69. The average molecular weight is 560 g/mol. The van der Waals surface area contributed by atoms with Gasteiger partial charge in [0.25, 0.3) is 0 Å². The summed E-state index contributed by atoms with van der Waals surface area (Å²) in [6, 6.07) is 12.4. The molecule has 0 radical (unpaired) electrons. The van der Waals surface area contributed by atoms with Crippen LogP contribution >= 0.6 is 11.6 Å². The topological polar surface area (TPSA) is 106 Å². The summed E-state index contributed by atoms with van der Waals surface area (Å²) < 4.78 is 39.6. The summed E-state index contributed by atoms with van der Waals surface area (Å²) in [5, 5.41) is 3.32. The molecule has 2 aromatic carbocycles. The molecule has 0 aliphatic carbocycles. The van der Waals surface area contributed by atoms with E-state index in [1.54, 1.807) is 18.2 Å². The van der Waals surface area contributed by atoms with Gasteiger partial charge in [0.05, 0.1) is 18.0 Å². The normalized spacial score (nSPS) is 16.1.